The van der Waals surface area contributed by atoms with Gasteiger partial charge in [-0.05, 0) is 25.1 Å². The van der Waals surface area contributed by atoms with Crippen LogP contribution in [0.5, 0.6) is 0 Å². The molecule has 0 fully saturated rings. The van der Waals surface area contributed by atoms with Crippen molar-refractivity contribution < 1.29 is 23.1 Å². The second-order valence-corrected chi connectivity index (χ2v) is 4.68. The third-order valence-corrected chi connectivity index (χ3v) is 3.13. The number of nitrogens with zero attached hydrogens (tertiary/aromatic N) is 3. The molecule has 0 unspecified atom stereocenters. The molecule has 0 aliphatic carbocycles. The number of hydrogen-bond donors (Lipinski definition) is 1. The topological polar surface area (TPSA) is 68.0 Å². The Morgan fingerprint density at radius 1 is 1.43 bits per heavy atom. The summed E-state index contributed by atoms with van der Waals surface area (Å²) in [5, 5.41) is 16.1. The van der Waals surface area contributed by atoms with Gasteiger partial charge >= 0.3 is 12.1 Å². The number of hydrogen-bond acceptors (Lipinski definition) is 3. The van der Waals surface area contributed by atoms with Crippen LogP contribution in [0.2, 0.25) is 5.02 Å². The molecule has 0 aliphatic rings. The Morgan fingerprint density at radius 2 is 2.10 bits per heavy atom. The van der Waals surface area contributed by atoms with E-state index in [0.717, 1.165) is 22.9 Å². The smallest absolute Gasteiger partial charge is 0.416 e. The predicted molar refractivity (Wildman–Crippen MR) is 67.4 cm³/mol. The van der Waals surface area contributed by atoms with Crippen molar-refractivity contribution in [1.29, 1.82) is 0 Å². The molecule has 112 valence electrons. The van der Waals surface area contributed by atoms with Gasteiger partial charge in [0.2, 0.25) is 0 Å². The summed E-state index contributed by atoms with van der Waals surface area (Å²) in [6.07, 6.45) is -4.89. The fraction of sp³-hybridized carbons (Fsp3) is 0.250. The first kappa shape index (κ1) is 15.3. The van der Waals surface area contributed by atoms with E-state index in [9.17, 15) is 18.0 Å². The number of carbonyl (C=O) groups is 1. The molecule has 0 saturated heterocycles. The summed E-state index contributed by atoms with van der Waals surface area (Å²) < 4.78 is 39.3. The normalized spacial score (nSPS) is 11.7. The van der Waals surface area contributed by atoms with E-state index in [4.69, 9.17) is 16.7 Å². The summed E-state index contributed by atoms with van der Waals surface area (Å²) in [7, 11) is 0. The van der Waals surface area contributed by atoms with E-state index in [0.29, 0.717) is 5.69 Å². The maximum atomic E-state index is 12.7. The minimum atomic E-state index is -4.52. The van der Waals surface area contributed by atoms with Crippen LogP contribution in [0.25, 0.3) is 5.69 Å². The third kappa shape index (κ3) is 3.15. The minimum absolute atomic E-state index is 0.00636. The second-order valence-electron chi connectivity index (χ2n) is 4.27. The Balaban J connectivity index is 2.52. The highest BCUT2D eigenvalue weighted by Gasteiger charge is 2.31. The fourth-order valence-electron chi connectivity index (χ4n) is 1.75. The Labute approximate surface area is 121 Å². The van der Waals surface area contributed by atoms with Crippen LogP contribution in [0, 0.1) is 6.92 Å². The van der Waals surface area contributed by atoms with Crippen molar-refractivity contribution in [3.8, 4) is 5.69 Å². The Hall–Kier alpha value is -2.09. The van der Waals surface area contributed by atoms with Crippen LogP contribution in [0.15, 0.2) is 18.2 Å². The third-order valence-electron chi connectivity index (χ3n) is 2.81. The number of rotatable bonds is 3. The summed E-state index contributed by atoms with van der Waals surface area (Å²) in [6, 6.07) is 2.81. The van der Waals surface area contributed by atoms with E-state index in [1.54, 1.807) is 0 Å². The summed E-state index contributed by atoms with van der Waals surface area (Å²) in [4.78, 5) is 10.7. The fourth-order valence-corrected chi connectivity index (χ4v) is 1.94. The second kappa shape index (κ2) is 5.36. The maximum absolute atomic E-state index is 12.7. The lowest BCUT2D eigenvalue weighted by Crippen LogP contribution is -2.08. The molecule has 21 heavy (non-hydrogen) atoms. The van der Waals surface area contributed by atoms with Crippen molar-refractivity contribution in [2.24, 2.45) is 0 Å². The van der Waals surface area contributed by atoms with Gasteiger partial charge in [-0.15, -0.1) is 5.10 Å². The standard InChI is InChI=1S/C12H9ClF3N3O2/c1-6-9(5-11(20)21)17-18-19(6)10-4-7(12(14,15)16)2-3-8(10)13/h2-4H,5H2,1H3,(H,20,21). The van der Waals surface area contributed by atoms with Gasteiger partial charge in [0, 0.05) is 0 Å². The lowest BCUT2D eigenvalue weighted by atomic mass is 10.2. The molecule has 1 heterocycles. The van der Waals surface area contributed by atoms with Crippen LogP contribution in [0.3, 0.4) is 0 Å². The monoisotopic (exact) mass is 319 g/mol. The van der Waals surface area contributed by atoms with Gasteiger partial charge < -0.3 is 5.11 Å². The van der Waals surface area contributed by atoms with Gasteiger partial charge in [0.1, 0.15) is 0 Å². The zero-order chi connectivity index (χ0) is 15.8. The van der Waals surface area contributed by atoms with Gasteiger partial charge in [0.15, 0.2) is 0 Å². The van der Waals surface area contributed by atoms with Gasteiger partial charge in [-0.2, -0.15) is 13.2 Å². The van der Waals surface area contributed by atoms with Gasteiger partial charge in [0.25, 0.3) is 0 Å². The van der Waals surface area contributed by atoms with E-state index in [1.807, 2.05) is 0 Å². The first-order valence-corrected chi connectivity index (χ1v) is 6.08. The van der Waals surface area contributed by atoms with Crippen molar-refractivity contribution in [3.63, 3.8) is 0 Å². The molecule has 0 spiro atoms. The lowest BCUT2D eigenvalue weighted by molar-refractivity contribution is -0.138. The van der Waals surface area contributed by atoms with Gasteiger partial charge in [0.05, 0.1) is 34.1 Å². The number of aromatic nitrogens is 3. The molecule has 9 heteroatoms. The van der Waals surface area contributed by atoms with E-state index in [-0.39, 0.29) is 22.8 Å². The van der Waals surface area contributed by atoms with Crippen molar-refractivity contribution >= 4 is 17.6 Å². The molecule has 0 bridgehead atoms. The minimum Gasteiger partial charge on any atom is -0.481 e. The Morgan fingerprint density at radius 3 is 2.67 bits per heavy atom. The number of aliphatic carboxylic acids is 1. The summed E-state index contributed by atoms with van der Waals surface area (Å²) in [5.74, 6) is -1.11. The van der Waals surface area contributed by atoms with Crippen LogP contribution in [-0.4, -0.2) is 26.1 Å². The Bertz CT molecular complexity index is 698. The molecule has 0 saturated carbocycles. The summed E-state index contributed by atoms with van der Waals surface area (Å²) in [5.41, 5.74) is -0.403. The molecule has 0 amide bonds. The number of carboxylic acids is 1. The molecule has 1 aromatic carbocycles. The first-order chi connectivity index (χ1) is 9.70. The molecule has 1 aromatic heterocycles. The molecule has 0 radical (unpaired) electrons. The van der Waals surface area contributed by atoms with Gasteiger partial charge in [-0.1, -0.05) is 16.8 Å². The Kier molecular flexibility index (Phi) is 3.91. The summed E-state index contributed by atoms with van der Waals surface area (Å²) >= 11 is 5.90. The lowest BCUT2D eigenvalue weighted by Gasteiger charge is -2.11. The first-order valence-electron chi connectivity index (χ1n) is 5.70. The number of halogens is 4. The van der Waals surface area contributed by atoms with Crippen molar-refractivity contribution in [3.05, 3.63) is 40.2 Å². The zero-order valence-electron chi connectivity index (χ0n) is 10.6. The van der Waals surface area contributed by atoms with Gasteiger partial charge in [-0.3, -0.25) is 4.79 Å². The molecule has 0 aliphatic heterocycles. The van der Waals surface area contributed by atoms with E-state index < -0.39 is 17.7 Å². The molecule has 2 aromatic rings. The average molecular weight is 320 g/mol. The number of alkyl halides is 3. The number of carboxylic acid groups (broad SMARTS) is 1. The van der Waals surface area contributed by atoms with Crippen LogP contribution >= 0.6 is 11.6 Å². The van der Waals surface area contributed by atoms with E-state index in [2.05, 4.69) is 10.3 Å². The predicted octanol–water partition coefficient (Wildman–Crippen LogP) is 2.88. The van der Waals surface area contributed by atoms with Crippen LogP contribution < -0.4 is 0 Å². The van der Waals surface area contributed by atoms with Crippen LogP contribution in [0.1, 0.15) is 17.0 Å². The summed E-state index contributed by atoms with van der Waals surface area (Å²) in [6.45, 7) is 1.51. The maximum Gasteiger partial charge on any atom is 0.416 e. The van der Waals surface area contributed by atoms with Gasteiger partial charge in [-0.25, -0.2) is 4.68 Å². The van der Waals surface area contributed by atoms with Crippen LogP contribution in [-0.2, 0) is 17.4 Å². The van der Waals surface area contributed by atoms with Crippen molar-refractivity contribution in [2.75, 3.05) is 0 Å². The van der Waals surface area contributed by atoms with Crippen LogP contribution in [0.4, 0.5) is 13.2 Å². The molecule has 1 N–H and O–H groups in total. The molecule has 5 nitrogen and oxygen atoms in total. The van der Waals surface area contributed by atoms with Crippen molar-refractivity contribution in [2.45, 2.75) is 19.5 Å². The molecular weight excluding hydrogens is 311 g/mol. The molecule has 0 atom stereocenters. The highest BCUT2D eigenvalue weighted by atomic mass is 35.5. The average Bonchev–Trinajstić information content (AvgIpc) is 2.70. The largest absolute Gasteiger partial charge is 0.481 e. The van der Waals surface area contributed by atoms with E-state index >= 15 is 0 Å². The van der Waals surface area contributed by atoms with E-state index in [1.165, 1.54) is 6.92 Å². The molecular formula is C12H9ClF3N3O2. The zero-order valence-corrected chi connectivity index (χ0v) is 11.4. The number of benzene rings is 1. The highest BCUT2D eigenvalue weighted by Crippen LogP contribution is 2.33. The quantitative estimate of drug-likeness (QED) is 0.944. The molecule has 2 rings (SSSR count). The SMILES string of the molecule is Cc1c(CC(=O)O)nnn1-c1cc(C(F)(F)F)ccc1Cl. The van der Waals surface area contributed by atoms with Crippen molar-refractivity contribution in [1.82, 2.24) is 15.0 Å². The highest BCUT2D eigenvalue weighted by molar-refractivity contribution is 6.32.